The van der Waals surface area contributed by atoms with Gasteiger partial charge in [-0.15, -0.1) is 5.26 Å². The highest BCUT2D eigenvalue weighted by molar-refractivity contribution is 5.88. The van der Waals surface area contributed by atoms with E-state index in [0.29, 0.717) is 5.56 Å². The minimum absolute atomic E-state index is 0.0794. The van der Waals surface area contributed by atoms with Gasteiger partial charge in [-0.25, -0.2) is 4.79 Å². The second kappa shape index (κ2) is 4.67. The molecule has 0 saturated heterocycles. The number of esters is 1. The highest BCUT2D eigenvalue weighted by Gasteiger charge is 2.00. The largest absolute Gasteiger partial charge is 0.508 e. The molecule has 1 aromatic rings. The highest BCUT2D eigenvalue weighted by Crippen LogP contribution is 2.23. The summed E-state index contributed by atoms with van der Waals surface area (Å²) in [6.07, 6.45) is 3.49. The predicted octanol–water partition coefficient (Wildman–Crippen LogP) is 1.14. The second-order valence-corrected chi connectivity index (χ2v) is 2.59. The van der Waals surface area contributed by atoms with Crippen molar-refractivity contribution in [3.05, 3.63) is 29.8 Å². The Kier molecular flexibility index (Phi) is 3.30. The maximum atomic E-state index is 10.7. The topological polar surface area (TPSA) is 90.5 Å². The molecule has 0 aliphatic heterocycles. The highest BCUT2D eigenvalue weighted by atomic mass is 16.5. The Morgan fingerprint density at radius 1 is 1.47 bits per heavy atom. The fourth-order valence-electron chi connectivity index (χ4n) is 0.910. The average molecular weight is 205 g/mol. The van der Waals surface area contributed by atoms with E-state index in [-0.39, 0.29) is 11.5 Å². The lowest BCUT2D eigenvalue weighted by molar-refractivity contribution is -0.131. The summed E-state index contributed by atoms with van der Waals surface area (Å²) in [5, 5.41) is 26.3. The second-order valence-electron chi connectivity index (χ2n) is 2.59. The monoisotopic (exact) mass is 205 g/mol. The van der Waals surface area contributed by atoms with Crippen LogP contribution in [0.5, 0.6) is 11.5 Å². The average Bonchev–Trinajstić information content (AvgIpc) is 2.17. The van der Waals surface area contributed by atoms with Crippen LogP contribution in [0.3, 0.4) is 0 Å². The van der Waals surface area contributed by atoms with Crippen LogP contribution in [0.15, 0.2) is 24.3 Å². The van der Waals surface area contributed by atoms with E-state index in [1.54, 1.807) is 0 Å². The van der Waals surface area contributed by atoms with Crippen molar-refractivity contribution in [2.24, 2.45) is 0 Å². The maximum Gasteiger partial charge on any atom is 0.346 e. The van der Waals surface area contributed by atoms with Crippen molar-refractivity contribution in [1.82, 2.24) is 0 Å². The number of hydrogen-bond donors (Lipinski definition) is 2. The number of aromatic hydroxyl groups is 2. The maximum absolute atomic E-state index is 10.7. The van der Waals surface area contributed by atoms with Crippen LogP contribution >= 0.6 is 0 Å². The van der Waals surface area contributed by atoms with E-state index in [9.17, 15) is 9.90 Å². The van der Waals surface area contributed by atoms with E-state index in [2.05, 4.69) is 4.74 Å². The van der Waals surface area contributed by atoms with Crippen molar-refractivity contribution in [3.8, 4) is 17.8 Å². The Balaban J connectivity index is 2.82. The number of nitrogens with zero attached hydrogens (tertiary/aromatic N) is 1. The molecule has 0 aliphatic carbocycles. The number of phenolic OH excluding ortho intramolecular Hbond substituents is 2. The molecule has 5 nitrogen and oxygen atoms in total. The van der Waals surface area contributed by atoms with Gasteiger partial charge < -0.3 is 14.9 Å². The number of rotatable bonds is 2. The van der Waals surface area contributed by atoms with Crippen molar-refractivity contribution >= 4 is 12.0 Å². The molecule has 15 heavy (non-hydrogen) atoms. The molecule has 0 radical (unpaired) electrons. The van der Waals surface area contributed by atoms with Crippen LogP contribution < -0.4 is 0 Å². The van der Waals surface area contributed by atoms with E-state index >= 15 is 0 Å². The zero-order valence-electron chi connectivity index (χ0n) is 7.54. The van der Waals surface area contributed by atoms with Crippen molar-refractivity contribution in [2.45, 2.75) is 0 Å². The van der Waals surface area contributed by atoms with Gasteiger partial charge in [0.15, 0.2) is 0 Å². The normalized spacial score (nSPS) is 9.80. The van der Waals surface area contributed by atoms with Crippen molar-refractivity contribution in [3.63, 3.8) is 0 Å². The Bertz CT molecular complexity index is 445. The van der Waals surface area contributed by atoms with Crippen LogP contribution in [0.2, 0.25) is 0 Å². The van der Waals surface area contributed by atoms with E-state index in [1.165, 1.54) is 24.5 Å². The van der Waals surface area contributed by atoms with Gasteiger partial charge in [0, 0.05) is 17.7 Å². The van der Waals surface area contributed by atoms with Crippen molar-refractivity contribution < 1.29 is 19.7 Å². The number of carbonyl (C=O) groups excluding carboxylic acids is 1. The predicted molar refractivity (Wildman–Crippen MR) is 50.5 cm³/mol. The fraction of sp³-hybridized carbons (Fsp3) is 0. The molecule has 0 saturated carbocycles. The van der Waals surface area contributed by atoms with Crippen LogP contribution in [0, 0.1) is 11.5 Å². The molecule has 0 atom stereocenters. The summed E-state index contributed by atoms with van der Waals surface area (Å²) in [7, 11) is 0. The summed E-state index contributed by atoms with van der Waals surface area (Å²) in [5.41, 5.74) is 0.336. The zero-order chi connectivity index (χ0) is 11.3. The first-order valence-electron chi connectivity index (χ1n) is 3.93. The molecule has 0 amide bonds. The van der Waals surface area contributed by atoms with Gasteiger partial charge >= 0.3 is 5.97 Å². The Morgan fingerprint density at radius 2 is 2.20 bits per heavy atom. The van der Waals surface area contributed by atoms with Gasteiger partial charge in [-0.2, -0.15) is 0 Å². The number of ether oxygens (including phenoxy) is 1. The third kappa shape index (κ3) is 3.04. The number of hydrogen-bond acceptors (Lipinski definition) is 5. The Morgan fingerprint density at radius 3 is 2.80 bits per heavy atom. The standard InChI is InChI=1S/C10H7NO4/c11-6-15-10(14)4-2-7-1-3-8(12)5-9(7)13/h1-5,12-13H. The Hall–Kier alpha value is -2.48. The van der Waals surface area contributed by atoms with Crippen LogP contribution in [0.1, 0.15) is 5.56 Å². The molecule has 0 bridgehead atoms. The molecule has 0 fully saturated rings. The molecule has 0 heterocycles. The minimum atomic E-state index is -0.829. The first-order chi connectivity index (χ1) is 7.13. The van der Waals surface area contributed by atoms with Crippen LogP contribution in [0.4, 0.5) is 0 Å². The van der Waals surface area contributed by atoms with E-state index in [0.717, 1.165) is 12.1 Å². The third-order valence-corrected chi connectivity index (χ3v) is 1.56. The summed E-state index contributed by atoms with van der Waals surface area (Å²) in [6, 6.07) is 3.91. The van der Waals surface area contributed by atoms with Gasteiger partial charge in [0.25, 0.3) is 6.26 Å². The van der Waals surface area contributed by atoms with Crippen LogP contribution in [-0.4, -0.2) is 16.2 Å². The van der Waals surface area contributed by atoms with E-state index in [1.807, 2.05) is 0 Å². The zero-order valence-corrected chi connectivity index (χ0v) is 7.54. The summed E-state index contributed by atoms with van der Waals surface area (Å²) in [4.78, 5) is 10.7. The molecular formula is C10H7NO4. The molecule has 2 N–H and O–H groups in total. The summed E-state index contributed by atoms with van der Waals surface area (Å²) < 4.78 is 3.98. The van der Waals surface area contributed by atoms with E-state index < -0.39 is 5.97 Å². The summed E-state index contributed by atoms with van der Waals surface area (Å²) in [5.74, 6) is -1.08. The molecule has 0 aromatic heterocycles. The van der Waals surface area contributed by atoms with Crippen molar-refractivity contribution in [1.29, 1.82) is 5.26 Å². The van der Waals surface area contributed by atoms with Gasteiger partial charge in [-0.1, -0.05) is 0 Å². The minimum Gasteiger partial charge on any atom is -0.508 e. The first-order valence-corrected chi connectivity index (χ1v) is 3.93. The lowest BCUT2D eigenvalue weighted by Crippen LogP contribution is -1.92. The van der Waals surface area contributed by atoms with E-state index in [4.69, 9.17) is 10.4 Å². The quantitative estimate of drug-likeness (QED) is 0.429. The molecule has 5 heteroatoms. The van der Waals surface area contributed by atoms with Crippen LogP contribution in [0.25, 0.3) is 6.08 Å². The molecular weight excluding hydrogens is 198 g/mol. The van der Waals surface area contributed by atoms with Gasteiger partial charge in [0.2, 0.25) is 0 Å². The number of carbonyl (C=O) groups is 1. The summed E-state index contributed by atoms with van der Waals surface area (Å²) >= 11 is 0. The molecule has 1 rings (SSSR count). The molecule has 76 valence electrons. The number of phenols is 2. The van der Waals surface area contributed by atoms with Gasteiger partial charge in [0.1, 0.15) is 11.5 Å². The lowest BCUT2D eigenvalue weighted by Gasteiger charge is -1.98. The summed E-state index contributed by atoms with van der Waals surface area (Å²) in [6.45, 7) is 0. The van der Waals surface area contributed by atoms with Crippen LogP contribution in [-0.2, 0) is 9.53 Å². The molecule has 1 aromatic carbocycles. The Labute approximate surface area is 85.5 Å². The van der Waals surface area contributed by atoms with Gasteiger partial charge in [-0.05, 0) is 18.2 Å². The fourth-order valence-corrected chi connectivity index (χ4v) is 0.910. The molecule has 0 spiro atoms. The number of benzene rings is 1. The van der Waals surface area contributed by atoms with Gasteiger partial charge in [0.05, 0.1) is 0 Å². The number of nitriles is 1. The first kappa shape index (κ1) is 10.6. The molecule has 0 unspecified atom stereocenters. The smallest absolute Gasteiger partial charge is 0.346 e. The lowest BCUT2D eigenvalue weighted by atomic mass is 10.2. The van der Waals surface area contributed by atoms with Gasteiger partial charge in [-0.3, -0.25) is 0 Å². The van der Waals surface area contributed by atoms with Crippen molar-refractivity contribution in [2.75, 3.05) is 0 Å². The SMILES string of the molecule is N#COC(=O)C=Cc1ccc(O)cc1O. The molecule has 0 aliphatic rings. The third-order valence-electron chi connectivity index (χ3n) is 1.56.